The van der Waals surface area contributed by atoms with Gasteiger partial charge in [-0.1, -0.05) is 23.9 Å². The topological polar surface area (TPSA) is 60.2 Å². The number of halogens is 1. The normalized spacial score (nSPS) is 10.8. The van der Waals surface area contributed by atoms with Crippen molar-refractivity contribution in [1.29, 1.82) is 0 Å². The van der Waals surface area contributed by atoms with E-state index < -0.39 is 0 Å². The van der Waals surface area contributed by atoms with E-state index in [0.717, 1.165) is 29.6 Å². The van der Waals surface area contributed by atoms with Gasteiger partial charge in [0.15, 0.2) is 0 Å². The van der Waals surface area contributed by atoms with Crippen LogP contribution in [0.15, 0.2) is 29.4 Å². The van der Waals surface area contributed by atoms with E-state index in [0.29, 0.717) is 0 Å². The minimum atomic E-state index is -0.191. The van der Waals surface area contributed by atoms with Gasteiger partial charge in [0.05, 0.1) is 12.3 Å². The van der Waals surface area contributed by atoms with Gasteiger partial charge < -0.3 is 5.32 Å². The molecule has 5 nitrogen and oxygen atoms in total. The Bertz CT molecular complexity index is 484. The number of thioether (sulfide) groups is 1. The van der Waals surface area contributed by atoms with Gasteiger partial charge in [0.25, 0.3) is 0 Å². The van der Waals surface area contributed by atoms with Crippen molar-refractivity contribution in [1.82, 2.24) is 20.2 Å². The number of hydrogen-bond donors (Lipinski definition) is 1. The van der Waals surface area contributed by atoms with Gasteiger partial charge in [0.2, 0.25) is 5.16 Å². The van der Waals surface area contributed by atoms with Crippen LogP contribution in [0.3, 0.4) is 0 Å². The second-order valence-electron chi connectivity index (χ2n) is 3.84. The molecule has 0 saturated heterocycles. The summed E-state index contributed by atoms with van der Waals surface area (Å²) in [7, 11) is 1.82. The fourth-order valence-electron chi connectivity index (χ4n) is 1.47. The quantitative estimate of drug-likeness (QED) is 0.601. The molecule has 1 heterocycles. The van der Waals surface area contributed by atoms with Crippen LogP contribution in [0, 0.1) is 5.82 Å². The first-order chi connectivity index (χ1) is 8.75. The van der Waals surface area contributed by atoms with Crippen molar-refractivity contribution in [3.05, 3.63) is 35.6 Å². The molecule has 1 aromatic heterocycles. The Labute approximate surface area is 109 Å². The minimum absolute atomic E-state index is 0.191. The molecule has 0 aliphatic heterocycles. The van der Waals surface area contributed by atoms with E-state index >= 15 is 0 Å². The number of aryl methyl sites for hydroxylation is 1. The molecule has 7 heteroatoms. The first-order valence-electron chi connectivity index (χ1n) is 5.67. The highest BCUT2D eigenvalue weighted by Gasteiger charge is 2.03. The molecule has 0 bridgehead atoms. The van der Waals surface area contributed by atoms with Crippen LogP contribution in [0.4, 0.5) is 4.39 Å². The lowest BCUT2D eigenvalue weighted by Crippen LogP contribution is -2.83. The van der Waals surface area contributed by atoms with Crippen molar-refractivity contribution in [2.24, 2.45) is 7.05 Å². The smallest absolute Gasteiger partial charge is 0.209 e. The van der Waals surface area contributed by atoms with Crippen LogP contribution in [-0.4, -0.2) is 32.5 Å². The molecule has 96 valence electrons. The van der Waals surface area contributed by atoms with Crippen molar-refractivity contribution in [2.45, 2.75) is 11.7 Å². The van der Waals surface area contributed by atoms with Crippen LogP contribution in [0.2, 0.25) is 0 Å². The van der Waals surface area contributed by atoms with E-state index in [1.54, 1.807) is 16.4 Å². The zero-order valence-electron chi connectivity index (χ0n) is 10.1. The van der Waals surface area contributed by atoms with Gasteiger partial charge >= 0.3 is 0 Å². The highest BCUT2D eigenvalue weighted by atomic mass is 32.2. The third-order valence-electron chi connectivity index (χ3n) is 2.43. The van der Waals surface area contributed by atoms with Gasteiger partial charge in [-0.3, -0.25) is 0 Å². The average Bonchev–Trinajstić information content (AvgIpc) is 2.77. The number of nitrogens with two attached hydrogens (primary N) is 1. The molecule has 0 fully saturated rings. The van der Waals surface area contributed by atoms with Gasteiger partial charge in [-0.15, -0.1) is 5.10 Å². The second-order valence-corrected chi connectivity index (χ2v) is 4.90. The predicted octanol–water partition coefficient (Wildman–Crippen LogP) is 0.205. The van der Waals surface area contributed by atoms with Crippen molar-refractivity contribution in [2.75, 3.05) is 12.3 Å². The number of rotatable bonds is 6. The molecule has 0 radical (unpaired) electrons. The Morgan fingerprint density at radius 1 is 1.33 bits per heavy atom. The van der Waals surface area contributed by atoms with Crippen LogP contribution in [0.1, 0.15) is 5.56 Å². The second kappa shape index (κ2) is 6.46. The number of quaternary nitrogens is 1. The van der Waals surface area contributed by atoms with E-state index in [4.69, 9.17) is 0 Å². The Morgan fingerprint density at radius 2 is 2.11 bits per heavy atom. The van der Waals surface area contributed by atoms with E-state index in [2.05, 4.69) is 20.8 Å². The maximum atomic E-state index is 12.7. The number of nitrogens with zero attached hydrogens (tertiary/aromatic N) is 4. The lowest BCUT2D eigenvalue weighted by Gasteiger charge is -2.01. The van der Waals surface area contributed by atoms with Crippen molar-refractivity contribution in [3.63, 3.8) is 0 Å². The van der Waals surface area contributed by atoms with Crippen LogP contribution in [-0.2, 0) is 13.6 Å². The molecule has 1 aromatic carbocycles. The molecule has 18 heavy (non-hydrogen) atoms. The number of hydrogen-bond acceptors (Lipinski definition) is 4. The average molecular weight is 268 g/mol. The van der Waals surface area contributed by atoms with E-state index in [1.165, 1.54) is 12.1 Å². The van der Waals surface area contributed by atoms with Gasteiger partial charge in [0, 0.05) is 12.6 Å². The Morgan fingerprint density at radius 3 is 2.78 bits per heavy atom. The first kappa shape index (κ1) is 13.0. The summed E-state index contributed by atoms with van der Waals surface area (Å²) in [6.07, 6.45) is 0. The lowest BCUT2D eigenvalue weighted by molar-refractivity contribution is -0.666. The number of benzene rings is 1. The SMILES string of the molecule is Cn1nnnc1SCC[NH2+]Cc1ccc(F)cc1. The van der Waals surface area contributed by atoms with Crippen molar-refractivity contribution < 1.29 is 9.71 Å². The fraction of sp³-hybridized carbons (Fsp3) is 0.364. The zero-order chi connectivity index (χ0) is 12.8. The van der Waals surface area contributed by atoms with E-state index in [1.807, 2.05) is 19.2 Å². The molecule has 0 aliphatic carbocycles. The maximum absolute atomic E-state index is 12.7. The molecule has 0 aliphatic rings. The fourth-order valence-corrected chi connectivity index (χ4v) is 2.25. The monoisotopic (exact) mass is 268 g/mol. The molecular weight excluding hydrogens is 253 g/mol. The van der Waals surface area contributed by atoms with Crippen LogP contribution in [0.25, 0.3) is 0 Å². The predicted molar refractivity (Wildman–Crippen MR) is 66.4 cm³/mol. The van der Waals surface area contributed by atoms with Crippen LogP contribution in [0.5, 0.6) is 0 Å². The molecule has 0 spiro atoms. The summed E-state index contributed by atoms with van der Waals surface area (Å²) in [4.78, 5) is 0. The highest BCUT2D eigenvalue weighted by Crippen LogP contribution is 2.09. The third-order valence-corrected chi connectivity index (χ3v) is 3.47. The Hall–Kier alpha value is -1.47. The molecule has 0 unspecified atom stereocenters. The standard InChI is InChI=1S/C11H14FN5S/c1-17-11(14-15-16-17)18-7-6-13-8-9-2-4-10(12)5-3-9/h2-5,13H,6-8H2,1H3/p+1. The molecular formula is C11H15FN5S+. The van der Waals surface area contributed by atoms with E-state index in [9.17, 15) is 4.39 Å². The van der Waals surface area contributed by atoms with Crippen molar-refractivity contribution in [3.8, 4) is 0 Å². The summed E-state index contributed by atoms with van der Waals surface area (Å²) in [5, 5.41) is 14.2. The molecule has 2 rings (SSSR count). The molecule has 0 saturated carbocycles. The van der Waals surface area contributed by atoms with Gasteiger partial charge in [0.1, 0.15) is 12.4 Å². The molecule has 2 N–H and O–H groups in total. The van der Waals surface area contributed by atoms with E-state index in [-0.39, 0.29) is 5.82 Å². The highest BCUT2D eigenvalue weighted by molar-refractivity contribution is 7.99. The van der Waals surface area contributed by atoms with Crippen molar-refractivity contribution >= 4 is 11.8 Å². The zero-order valence-corrected chi connectivity index (χ0v) is 10.9. The Kier molecular flexibility index (Phi) is 4.66. The van der Waals surface area contributed by atoms with Gasteiger partial charge in [-0.05, 0) is 22.6 Å². The summed E-state index contributed by atoms with van der Waals surface area (Å²) in [6, 6.07) is 6.60. The van der Waals surface area contributed by atoms with Crippen LogP contribution < -0.4 is 5.32 Å². The summed E-state index contributed by atoms with van der Waals surface area (Å²) in [6.45, 7) is 1.83. The van der Waals surface area contributed by atoms with Gasteiger partial charge in [-0.2, -0.15) is 0 Å². The maximum Gasteiger partial charge on any atom is 0.209 e. The molecule has 0 amide bonds. The third kappa shape index (κ3) is 3.78. The lowest BCUT2D eigenvalue weighted by atomic mass is 10.2. The largest absolute Gasteiger partial charge is 0.342 e. The summed E-state index contributed by atoms with van der Waals surface area (Å²) in [5.41, 5.74) is 1.13. The minimum Gasteiger partial charge on any atom is -0.342 e. The Balaban J connectivity index is 1.64. The molecule has 2 aromatic rings. The summed E-state index contributed by atoms with van der Waals surface area (Å²) >= 11 is 1.63. The number of aromatic nitrogens is 4. The first-order valence-corrected chi connectivity index (χ1v) is 6.65. The van der Waals surface area contributed by atoms with Crippen LogP contribution >= 0.6 is 11.8 Å². The molecule has 0 atom stereocenters. The summed E-state index contributed by atoms with van der Waals surface area (Å²) in [5.74, 6) is 0.749. The summed E-state index contributed by atoms with van der Waals surface area (Å²) < 4.78 is 14.3. The van der Waals surface area contributed by atoms with Gasteiger partial charge in [-0.25, -0.2) is 9.07 Å². The number of tetrazole rings is 1.